The summed E-state index contributed by atoms with van der Waals surface area (Å²) in [6.07, 6.45) is 2.96. The minimum Gasteiger partial charge on any atom is -0.341 e. The minimum absolute atomic E-state index is 0.194. The van der Waals surface area contributed by atoms with Crippen LogP contribution in [0.5, 0.6) is 0 Å². The lowest BCUT2D eigenvalue weighted by atomic mass is 10.3. The first-order valence-electron chi connectivity index (χ1n) is 6.13. The van der Waals surface area contributed by atoms with E-state index in [1.54, 1.807) is 0 Å². The molecule has 6 heteroatoms. The molecule has 2 unspecified atom stereocenters. The Kier molecular flexibility index (Phi) is 3.45. The summed E-state index contributed by atoms with van der Waals surface area (Å²) >= 11 is 0. The third-order valence-electron chi connectivity index (χ3n) is 3.66. The quantitative estimate of drug-likeness (QED) is 0.709. The summed E-state index contributed by atoms with van der Waals surface area (Å²) < 4.78 is 24.3. The van der Waals surface area contributed by atoms with E-state index >= 15 is 0 Å². The van der Waals surface area contributed by atoms with Crippen molar-refractivity contribution in [2.75, 3.05) is 32.4 Å². The van der Waals surface area contributed by atoms with Gasteiger partial charge in [0.1, 0.15) is 0 Å². The van der Waals surface area contributed by atoms with Gasteiger partial charge in [0.05, 0.1) is 6.26 Å². The van der Waals surface area contributed by atoms with Gasteiger partial charge in [-0.2, -0.15) is 0 Å². The molecule has 2 aliphatic rings. The van der Waals surface area contributed by atoms with Gasteiger partial charge < -0.3 is 4.90 Å². The molecular formula is C11H20N2O3S. The standard InChI is InChI=1S/C11H20N2O3S/c1-9-8-10(9)11(14)12-4-3-5-13(7-6-12)17(2,15)16/h9-10H,3-8H2,1-2H3. The van der Waals surface area contributed by atoms with Crippen molar-refractivity contribution in [3.05, 3.63) is 0 Å². The molecule has 98 valence electrons. The van der Waals surface area contributed by atoms with Crippen LogP contribution in [0.2, 0.25) is 0 Å². The molecule has 0 radical (unpaired) electrons. The Labute approximate surface area is 103 Å². The van der Waals surface area contributed by atoms with Gasteiger partial charge in [-0.05, 0) is 18.8 Å². The lowest BCUT2D eigenvalue weighted by Crippen LogP contribution is -2.37. The van der Waals surface area contributed by atoms with Gasteiger partial charge in [0.15, 0.2) is 0 Å². The first-order chi connectivity index (χ1) is 7.89. The Morgan fingerprint density at radius 2 is 1.82 bits per heavy atom. The second-order valence-corrected chi connectivity index (χ2v) is 7.14. The summed E-state index contributed by atoms with van der Waals surface area (Å²) in [5.74, 6) is 0.921. The predicted molar refractivity (Wildman–Crippen MR) is 64.9 cm³/mol. The average Bonchev–Trinajstić information content (AvgIpc) is 2.97. The van der Waals surface area contributed by atoms with E-state index in [1.165, 1.54) is 10.6 Å². The molecule has 1 amide bonds. The smallest absolute Gasteiger partial charge is 0.226 e. The molecular weight excluding hydrogens is 240 g/mol. The fraction of sp³-hybridized carbons (Fsp3) is 0.909. The molecule has 1 heterocycles. The fourth-order valence-electron chi connectivity index (χ4n) is 2.35. The van der Waals surface area contributed by atoms with E-state index in [9.17, 15) is 13.2 Å². The van der Waals surface area contributed by atoms with Crippen LogP contribution in [0.4, 0.5) is 0 Å². The van der Waals surface area contributed by atoms with Crippen molar-refractivity contribution in [1.82, 2.24) is 9.21 Å². The van der Waals surface area contributed by atoms with E-state index in [-0.39, 0.29) is 11.8 Å². The van der Waals surface area contributed by atoms with Crippen molar-refractivity contribution in [2.24, 2.45) is 11.8 Å². The Hall–Kier alpha value is -0.620. The number of rotatable bonds is 2. The molecule has 1 saturated heterocycles. The maximum absolute atomic E-state index is 12.0. The van der Waals surface area contributed by atoms with Crippen molar-refractivity contribution in [1.29, 1.82) is 0 Å². The summed E-state index contributed by atoms with van der Waals surface area (Å²) in [4.78, 5) is 13.9. The zero-order valence-corrected chi connectivity index (χ0v) is 11.2. The van der Waals surface area contributed by atoms with Gasteiger partial charge in [-0.3, -0.25) is 4.79 Å². The third-order valence-corrected chi connectivity index (χ3v) is 4.97. The molecule has 17 heavy (non-hydrogen) atoms. The lowest BCUT2D eigenvalue weighted by Gasteiger charge is -2.21. The van der Waals surface area contributed by atoms with Gasteiger partial charge in [0, 0.05) is 32.1 Å². The molecule has 0 aromatic carbocycles. The SMILES string of the molecule is CC1CC1C(=O)N1CCCN(S(C)(=O)=O)CC1. The van der Waals surface area contributed by atoms with Crippen LogP contribution in [-0.2, 0) is 14.8 Å². The summed E-state index contributed by atoms with van der Waals surface area (Å²) in [6, 6.07) is 0. The summed E-state index contributed by atoms with van der Waals surface area (Å²) in [6.45, 7) is 4.28. The highest BCUT2D eigenvalue weighted by molar-refractivity contribution is 7.88. The molecule has 2 fully saturated rings. The number of carbonyl (C=O) groups is 1. The van der Waals surface area contributed by atoms with Crippen LogP contribution in [0.25, 0.3) is 0 Å². The number of hydrogen-bond donors (Lipinski definition) is 0. The second-order valence-electron chi connectivity index (χ2n) is 5.16. The van der Waals surface area contributed by atoms with Gasteiger partial charge in [0.25, 0.3) is 0 Å². The van der Waals surface area contributed by atoms with Crippen LogP contribution in [0.1, 0.15) is 19.8 Å². The Morgan fingerprint density at radius 3 is 2.35 bits per heavy atom. The van der Waals surface area contributed by atoms with E-state index in [4.69, 9.17) is 0 Å². The normalized spacial score (nSPS) is 31.1. The minimum atomic E-state index is -3.12. The molecule has 1 aliphatic heterocycles. The summed E-state index contributed by atoms with van der Waals surface area (Å²) in [7, 11) is -3.12. The molecule has 0 N–H and O–H groups in total. The van der Waals surface area contributed by atoms with Crippen molar-refractivity contribution in [2.45, 2.75) is 19.8 Å². The maximum atomic E-state index is 12.0. The lowest BCUT2D eigenvalue weighted by molar-refractivity contribution is -0.132. The monoisotopic (exact) mass is 260 g/mol. The van der Waals surface area contributed by atoms with E-state index < -0.39 is 10.0 Å². The van der Waals surface area contributed by atoms with E-state index in [0.29, 0.717) is 32.1 Å². The third kappa shape index (κ3) is 2.98. The van der Waals surface area contributed by atoms with Gasteiger partial charge in [-0.25, -0.2) is 12.7 Å². The predicted octanol–water partition coefficient (Wildman–Crippen LogP) is 0.136. The molecule has 0 bridgehead atoms. The van der Waals surface area contributed by atoms with Crippen molar-refractivity contribution < 1.29 is 13.2 Å². The highest BCUT2D eigenvalue weighted by Gasteiger charge is 2.41. The first kappa shape index (κ1) is 12.8. The van der Waals surface area contributed by atoms with Crippen LogP contribution in [0.3, 0.4) is 0 Å². The first-order valence-corrected chi connectivity index (χ1v) is 7.98. The second kappa shape index (κ2) is 4.57. The molecule has 0 spiro atoms. The van der Waals surface area contributed by atoms with E-state index in [2.05, 4.69) is 6.92 Å². The Bertz CT molecular complexity index is 407. The van der Waals surface area contributed by atoms with Crippen molar-refractivity contribution in [3.63, 3.8) is 0 Å². The Morgan fingerprint density at radius 1 is 1.18 bits per heavy atom. The van der Waals surface area contributed by atoms with Gasteiger partial charge in [-0.1, -0.05) is 6.92 Å². The molecule has 1 saturated carbocycles. The van der Waals surface area contributed by atoms with Gasteiger partial charge >= 0.3 is 0 Å². The fourth-order valence-corrected chi connectivity index (χ4v) is 3.22. The van der Waals surface area contributed by atoms with Crippen LogP contribution in [0, 0.1) is 11.8 Å². The highest BCUT2D eigenvalue weighted by Crippen LogP contribution is 2.39. The summed E-state index contributed by atoms with van der Waals surface area (Å²) in [5.41, 5.74) is 0. The largest absolute Gasteiger partial charge is 0.341 e. The Balaban J connectivity index is 1.94. The number of hydrogen-bond acceptors (Lipinski definition) is 3. The van der Waals surface area contributed by atoms with Crippen LogP contribution >= 0.6 is 0 Å². The van der Waals surface area contributed by atoms with Gasteiger partial charge in [0.2, 0.25) is 15.9 Å². The topological polar surface area (TPSA) is 57.7 Å². The van der Waals surface area contributed by atoms with E-state index in [0.717, 1.165) is 12.8 Å². The molecule has 5 nitrogen and oxygen atoms in total. The number of sulfonamides is 1. The van der Waals surface area contributed by atoms with Crippen LogP contribution < -0.4 is 0 Å². The molecule has 2 rings (SSSR count). The molecule has 2 atom stereocenters. The summed E-state index contributed by atoms with van der Waals surface area (Å²) in [5, 5.41) is 0. The zero-order chi connectivity index (χ0) is 12.6. The average molecular weight is 260 g/mol. The molecule has 1 aliphatic carbocycles. The molecule has 0 aromatic heterocycles. The van der Waals surface area contributed by atoms with Gasteiger partial charge in [-0.15, -0.1) is 0 Å². The zero-order valence-electron chi connectivity index (χ0n) is 10.4. The van der Waals surface area contributed by atoms with Crippen LogP contribution in [-0.4, -0.2) is 56.0 Å². The highest BCUT2D eigenvalue weighted by atomic mass is 32.2. The van der Waals surface area contributed by atoms with E-state index in [1.807, 2.05) is 4.90 Å². The van der Waals surface area contributed by atoms with Crippen LogP contribution in [0.15, 0.2) is 0 Å². The van der Waals surface area contributed by atoms with Crippen molar-refractivity contribution in [3.8, 4) is 0 Å². The number of nitrogens with zero attached hydrogens (tertiary/aromatic N) is 2. The number of carbonyl (C=O) groups excluding carboxylic acids is 1. The number of amides is 1. The van der Waals surface area contributed by atoms with Crippen molar-refractivity contribution >= 4 is 15.9 Å². The molecule has 0 aromatic rings. The maximum Gasteiger partial charge on any atom is 0.226 e.